The maximum absolute atomic E-state index is 11.9. The van der Waals surface area contributed by atoms with Crippen molar-refractivity contribution in [3.63, 3.8) is 0 Å². The van der Waals surface area contributed by atoms with Crippen molar-refractivity contribution in [2.75, 3.05) is 30.9 Å². The van der Waals surface area contributed by atoms with Crippen LogP contribution in [0.25, 0.3) is 0 Å². The van der Waals surface area contributed by atoms with E-state index in [-0.39, 0.29) is 5.88 Å². The Bertz CT molecular complexity index is 616. The van der Waals surface area contributed by atoms with Gasteiger partial charge in [0, 0.05) is 25.9 Å². The zero-order valence-electron chi connectivity index (χ0n) is 12.6. The molecule has 1 heterocycles. The molecule has 2 N–H and O–H groups in total. The molecule has 0 aliphatic rings. The first-order valence-corrected chi connectivity index (χ1v) is 7.79. The first kappa shape index (κ1) is 16.3. The fraction of sp³-hybridized carbons (Fsp3) is 0.333. The van der Waals surface area contributed by atoms with E-state index in [0.717, 1.165) is 23.5 Å². The van der Waals surface area contributed by atoms with Crippen LogP contribution in [0.5, 0.6) is 5.88 Å². The van der Waals surface area contributed by atoms with Crippen LogP contribution in [0.1, 0.15) is 12.0 Å². The number of nitrogens with one attached hydrogen (secondary N) is 2. The molecule has 0 atom stereocenters. The van der Waals surface area contributed by atoms with Crippen molar-refractivity contribution in [3.05, 3.63) is 35.3 Å². The average molecular weight is 321 g/mol. The number of carbonyl (C=O) groups excluding carboxylic acids is 1. The minimum atomic E-state index is -0.559. The first-order chi connectivity index (χ1) is 10.7. The summed E-state index contributed by atoms with van der Waals surface area (Å²) in [4.78, 5) is 16.0. The van der Waals surface area contributed by atoms with Crippen LogP contribution in [0.4, 0.5) is 15.5 Å². The molecule has 0 unspecified atom stereocenters. The monoisotopic (exact) mass is 321 g/mol. The number of aryl methyl sites for hydroxylation is 1. The third kappa shape index (κ3) is 5.01. The van der Waals surface area contributed by atoms with Crippen LogP contribution in [0.15, 0.2) is 29.8 Å². The summed E-state index contributed by atoms with van der Waals surface area (Å²) in [7, 11) is 1.66. The summed E-state index contributed by atoms with van der Waals surface area (Å²) in [5, 5.41) is 6.59. The minimum Gasteiger partial charge on any atom is -0.388 e. The quantitative estimate of drug-likeness (QED) is 0.764. The van der Waals surface area contributed by atoms with E-state index in [9.17, 15) is 4.79 Å². The van der Waals surface area contributed by atoms with Gasteiger partial charge < -0.3 is 14.8 Å². The number of carbonyl (C=O) groups is 1. The fourth-order valence-electron chi connectivity index (χ4n) is 1.80. The van der Waals surface area contributed by atoms with Gasteiger partial charge in [0.25, 0.3) is 5.88 Å². The van der Waals surface area contributed by atoms with Gasteiger partial charge in [-0.05, 0) is 31.0 Å². The number of nitrogens with zero attached hydrogens (tertiary/aromatic N) is 1. The van der Waals surface area contributed by atoms with Crippen molar-refractivity contribution >= 4 is 28.1 Å². The Hall–Kier alpha value is -2.12. The van der Waals surface area contributed by atoms with Crippen molar-refractivity contribution in [1.29, 1.82) is 0 Å². The molecule has 22 heavy (non-hydrogen) atoms. The number of benzene rings is 1. The lowest BCUT2D eigenvalue weighted by molar-refractivity contribution is 0.197. The number of anilines is 2. The summed E-state index contributed by atoms with van der Waals surface area (Å²) < 4.78 is 10.2. The van der Waals surface area contributed by atoms with Crippen LogP contribution in [0.3, 0.4) is 0 Å². The molecule has 0 fully saturated rings. The number of hydrogen-bond acceptors (Lipinski definition) is 6. The molecule has 0 spiro atoms. The van der Waals surface area contributed by atoms with E-state index in [4.69, 9.17) is 9.47 Å². The van der Waals surface area contributed by atoms with Crippen molar-refractivity contribution in [3.8, 4) is 5.88 Å². The third-order valence-corrected chi connectivity index (χ3v) is 3.56. The summed E-state index contributed by atoms with van der Waals surface area (Å²) in [5.74, 6) is 0.285. The number of hydrogen-bond donors (Lipinski definition) is 2. The maximum atomic E-state index is 11.9. The van der Waals surface area contributed by atoms with E-state index < -0.39 is 6.09 Å². The largest absolute Gasteiger partial charge is 0.418 e. The number of amides is 1. The third-order valence-electron chi connectivity index (χ3n) is 2.80. The van der Waals surface area contributed by atoms with Gasteiger partial charge in [0.15, 0.2) is 5.00 Å². The fourth-order valence-corrected chi connectivity index (χ4v) is 2.43. The molecule has 0 aliphatic heterocycles. The lowest BCUT2D eigenvalue weighted by atomic mass is 10.2. The van der Waals surface area contributed by atoms with Crippen LogP contribution in [-0.2, 0) is 4.74 Å². The molecule has 0 saturated heterocycles. The molecule has 2 rings (SSSR count). The molecular weight excluding hydrogens is 302 g/mol. The van der Waals surface area contributed by atoms with Crippen molar-refractivity contribution < 1.29 is 14.3 Å². The van der Waals surface area contributed by atoms with Gasteiger partial charge in [0.2, 0.25) is 0 Å². The Kier molecular flexibility index (Phi) is 6.17. The van der Waals surface area contributed by atoms with Crippen molar-refractivity contribution in [1.82, 2.24) is 4.98 Å². The number of thiazole rings is 1. The highest BCUT2D eigenvalue weighted by atomic mass is 32.1. The van der Waals surface area contributed by atoms with Crippen molar-refractivity contribution in [2.24, 2.45) is 0 Å². The molecule has 1 aromatic carbocycles. The summed E-state index contributed by atoms with van der Waals surface area (Å²) in [5.41, 5.74) is 3.38. The van der Waals surface area contributed by atoms with E-state index >= 15 is 0 Å². The van der Waals surface area contributed by atoms with Gasteiger partial charge in [0.05, 0.1) is 5.51 Å². The Balaban J connectivity index is 1.87. The molecule has 1 amide bonds. The molecule has 118 valence electrons. The highest BCUT2D eigenvalue weighted by Gasteiger charge is 2.12. The maximum Gasteiger partial charge on any atom is 0.418 e. The van der Waals surface area contributed by atoms with Gasteiger partial charge in [0.1, 0.15) is 0 Å². The van der Waals surface area contributed by atoms with Gasteiger partial charge in [-0.25, -0.2) is 9.78 Å². The van der Waals surface area contributed by atoms with E-state index in [0.29, 0.717) is 12.3 Å². The lowest BCUT2D eigenvalue weighted by Gasteiger charge is -2.08. The number of ether oxygens (including phenoxy) is 2. The summed E-state index contributed by atoms with van der Waals surface area (Å²) >= 11 is 1.39. The van der Waals surface area contributed by atoms with Gasteiger partial charge >= 0.3 is 6.09 Å². The van der Waals surface area contributed by atoms with Gasteiger partial charge in [-0.2, -0.15) is 0 Å². The summed E-state index contributed by atoms with van der Waals surface area (Å²) in [6.45, 7) is 3.36. The topological polar surface area (TPSA) is 72.5 Å². The second-order valence-electron chi connectivity index (χ2n) is 4.64. The van der Waals surface area contributed by atoms with E-state index in [1.807, 2.05) is 25.1 Å². The molecule has 0 aliphatic carbocycles. The average Bonchev–Trinajstić information content (AvgIpc) is 2.91. The highest BCUT2D eigenvalue weighted by Crippen LogP contribution is 2.27. The van der Waals surface area contributed by atoms with Crippen LogP contribution in [0, 0.1) is 6.92 Å². The predicted molar refractivity (Wildman–Crippen MR) is 87.9 cm³/mol. The highest BCUT2D eigenvalue weighted by molar-refractivity contribution is 7.14. The smallest absolute Gasteiger partial charge is 0.388 e. The summed E-state index contributed by atoms with van der Waals surface area (Å²) in [6, 6.07) is 7.50. The second-order valence-corrected chi connectivity index (χ2v) is 5.50. The van der Waals surface area contributed by atoms with Crippen LogP contribution >= 0.6 is 11.3 Å². The van der Waals surface area contributed by atoms with Gasteiger partial charge in [-0.15, -0.1) is 11.3 Å². The zero-order chi connectivity index (χ0) is 15.8. The Labute approximate surface area is 133 Å². The van der Waals surface area contributed by atoms with Crippen LogP contribution in [-0.4, -0.2) is 31.3 Å². The normalized spacial score (nSPS) is 10.3. The lowest BCUT2D eigenvalue weighted by Crippen LogP contribution is -2.17. The molecule has 2 aromatic rings. The first-order valence-electron chi connectivity index (χ1n) is 6.91. The number of aromatic nitrogens is 1. The van der Waals surface area contributed by atoms with Crippen LogP contribution in [0.2, 0.25) is 0 Å². The summed E-state index contributed by atoms with van der Waals surface area (Å²) in [6.07, 6.45) is 0.306. The number of rotatable bonds is 7. The van der Waals surface area contributed by atoms with Crippen molar-refractivity contribution in [2.45, 2.75) is 13.3 Å². The molecule has 0 radical (unpaired) electrons. The number of methoxy groups -OCH3 is 1. The molecular formula is C15H19N3O3S. The molecule has 0 bridgehead atoms. The predicted octanol–water partition coefficient (Wildman–Crippen LogP) is 3.51. The van der Waals surface area contributed by atoms with E-state index in [2.05, 4.69) is 15.6 Å². The second kappa shape index (κ2) is 8.35. The zero-order valence-corrected chi connectivity index (χ0v) is 13.4. The standard InChI is InChI=1S/C15H19N3O3S/c1-11-5-3-6-12(9-11)18-15(19)21-13-14(22-10-17-13)16-7-4-8-20-2/h3,5-6,9-10,16H,4,7-8H2,1-2H3,(H,18,19). The molecule has 1 aromatic heterocycles. The molecule has 7 heteroatoms. The molecule has 6 nitrogen and oxygen atoms in total. The van der Waals surface area contributed by atoms with E-state index in [1.165, 1.54) is 11.3 Å². The van der Waals surface area contributed by atoms with Crippen LogP contribution < -0.4 is 15.4 Å². The van der Waals surface area contributed by atoms with Gasteiger partial charge in [-0.1, -0.05) is 12.1 Å². The minimum absolute atomic E-state index is 0.285. The Morgan fingerprint density at radius 2 is 2.27 bits per heavy atom. The Morgan fingerprint density at radius 3 is 3.05 bits per heavy atom. The van der Waals surface area contributed by atoms with Gasteiger partial charge in [-0.3, -0.25) is 5.32 Å². The SMILES string of the molecule is COCCCNc1scnc1OC(=O)Nc1cccc(C)c1. The molecule has 0 saturated carbocycles. The Morgan fingerprint density at radius 1 is 1.41 bits per heavy atom. The van der Waals surface area contributed by atoms with E-state index in [1.54, 1.807) is 18.7 Å².